The Labute approximate surface area is 385 Å². The van der Waals surface area contributed by atoms with E-state index in [1.807, 2.05) is 0 Å². The highest BCUT2D eigenvalue weighted by atomic mass is 35.5. The number of carbonyl (C=O) groups is 6. The fraction of sp³-hybridized carbons (Fsp3) is 0.455. The Hall–Kier alpha value is -6.43. The van der Waals surface area contributed by atoms with Crippen molar-refractivity contribution in [3.63, 3.8) is 0 Å². The summed E-state index contributed by atoms with van der Waals surface area (Å²) in [7, 11) is 0. The average Bonchev–Trinajstić information content (AvgIpc) is 3.22. The number of rotatable bonds is 11. The van der Waals surface area contributed by atoms with Crippen molar-refractivity contribution in [2.45, 2.75) is 117 Å². The number of aliphatic hydroxyl groups excluding tert-OH is 3. The van der Waals surface area contributed by atoms with Crippen LogP contribution in [0, 0.1) is 13.8 Å². The van der Waals surface area contributed by atoms with Crippen molar-refractivity contribution < 1.29 is 95.6 Å². The van der Waals surface area contributed by atoms with Crippen LogP contribution in [-0.4, -0.2) is 125 Å². The third kappa shape index (κ3) is 14.3. The molecule has 0 saturated carbocycles. The fourth-order valence-electron chi connectivity index (χ4n) is 6.67. The van der Waals surface area contributed by atoms with E-state index in [0.717, 1.165) is 26.3 Å². The first-order chi connectivity index (χ1) is 31.5. The molecule has 4 aromatic rings. The van der Waals surface area contributed by atoms with Crippen LogP contribution in [0.1, 0.15) is 52.7 Å². The third-order valence-electron chi connectivity index (χ3n) is 9.36. The first kappa shape index (κ1) is 53.2. The van der Waals surface area contributed by atoms with Gasteiger partial charge in [0.2, 0.25) is 23.9 Å². The molecular formula is C44H49ClO22. The summed E-state index contributed by atoms with van der Waals surface area (Å²) in [6.45, 7) is 11.2. The van der Waals surface area contributed by atoms with Crippen LogP contribution in [0.4, 0.5) is 0 Å². The SMILES string of the molecule is CC(=O)Cl.CCOC(=O)C1O[C@@H](Oc2ccc3c(C)cc(=O)oc3c2)C(O)[C@H](O)[C@@H]1O.CCOC(=O)C1O[C@@H](Oc2ccc3c(C)cc(=O)oc3c2)C(OC(C)=O)[C@H](OC(C)=O)[C@@H]1OC(C)=O. The van der Waals surface area contributed by atoms with E-state index in [-0.39, 0.29) is 41.1 Å². The van der Waals surface area contributed by atoms with E-state index in [9.17, 15) is 53.7 Å². The zero-order valence-corrected chi connectivity index (χ0v) is 38.0. The number of halogens is 1. The maximum absolute atomic E-state index is 12.7. The maximum atomic E-state index is 12.7. The molecule has 0 aliphatic carbocycles. The van der Waals surface area contributed by atoms with Crippen LogP contribution >= 0.6 is 11.6 Å². The summed E-state index contributed by atoms with van der Waals surface area (Å²) in [5, 5.41) is 31.1. The summed E-state index contributed by atoms with van der Waals surface area (Å²) in [4.78, 5) is 92.8. The van der Waals surface area contributed by atoms with Crippen LogP contribution < -0.4 is 20.7 Å². The topological polar surface area (TPSA) is 307 Å². The highest BCUT2D eigenvalue weighted by Crippen LogP contribution is 2.33. The monoisotopic (exact) mass is 964 g/mol. The summed E-state index contributed by atoms with van der Waals surface area (Å²) < 4.78 is 58.6. The molecule has 6 rings (SSSR count). The van der Waals surface area contributed by atoms with Gasteiger partial charge in [0.25, 0.3) is 0 Å². The molecular weight excluding hydrogens is 916 g/mol. The van der Waals surface area contributed by atoms with Gasteiger partial charge in [0.15, 0.2) is 24.4 Å². The van der Waals surface area contributed by atoms with Gasteiger partial charge in [-0.05, 0) is 74.7 Å². The van der Waals surface area contributed by atoms with Gasteiger partial charge in [-0.2, -0.15) is 0 Å². The molecule has 22 nitrogen and oxygen atoms in total. The van der Waals surface area contributed by atoms with E-state index in [0.29, 0.717) is 16.3 Å². The number of fused-ring (bicyclic) bond motifs is 2. The second-order valence-electron chi connectivity index (χ2n) is 14.6. The van der Waals surface area contributed by atoms with E-state index in [1.54, 1.807) is 52.0 Å². The first-order valence-corrected chi connectivity index (χ1v) is 20.7. The Morgan fingerprint density at radius 1 is 0.567 bits per heavy atom. The predicted octanol–water partition coefficient (Wildman–Crippen LogP) is 2.19. The van der Waals surface area contributed by atoms with Crippen LogP contribution in [0.5, 0.6) is 11.5 Å². The van der Waals surface area contributed by atoms with Crippen molar-refractivity contribution >= 4 is 68.6 Å². The summed E-state index contributed by atoms with van der Waals surface area (Å²) in [6, 6.07) is 11.9. The number of aliphatic hydroxyl groups is 3. The van der Waals surface area contributed by atoms with E-state index in [1.165, 1.54) is 31.2 Å². The lowest BCUT2D eigenvalue weighted by atomic mass is 9.97. The Bertz CT molecular complexity index is 2550. The largest absolute Gasteiger partial charge is 0.464 e. The molecule has 0 radical (unpaired) electrons. The van der Waals surface area contributed by atoms with E-state index in [2.05, 4.69) is 11.6 Å². The maximum Gasteiger partial charge on any atom is 0.339 e. The van der Waals surface area contributed by atoms with Gasteiger partial charge in [-0.25, -0.2) is 19.2 Å². The number of ether oxygens (including phenoxy) is 9. The van der Waals surface area contributed by atoms with Gasteiger partial charge in [0.05, 0.1) is 13.2 Å². The van der Waals surface area contributed by atoms with Crippen LogP contribution in [0.15, 0.2) is 67.0 Å². The summed E-state index contributed by atoms with van der Waals surface area (Å²) in [5.74, 6) is -3.91. The molecule has 2 aliphatic rings. The molecule has 0 bridgehead atoms. The molecule has 23 heteroatoms. The van der Waals surface area contributed by atoms with Gasteiger partial charge >= 0.3 is 41.1 Å². The van der Waals surface area contributed by atoms with Gasteiger partial charge < -0.3 is 66.8 Å². The van der Waals surface area contributed by atoms with E-state index < -0.39 is 103 Å². The van der Waals surface area contributed by atoms with Crippen molar-refractivity contribution in [1.82, 2.24) is 0 Å². The zero-order chi connectivity index (χ0) is 49.9. The smallest absolute Gasteiger partial charge is 0.339 e. The number of hydrogen-bond acceptors (Lipinski definition) is 22. The highest BCUT2D eigenvalue weighted by Gasteiger charge is 2.56. The quantitative estimate of drug-likeness (QED) is 0.0839. The minimum Gasteiger partial charge on any atom is -0.464 e. The van der Waals surface area contributed by atoms with E-state index in [4.69, 9.17) is 51.5 Å². The molecule has 67 heavy (non-hydrogen) atoms. The minimum atomic E-state index is -1.68. The summed E-state index contributed by atoms with van der Waals surface area (Å²) in [5.41, 5.74) is 0.806. The molecule has 0 spiro atoms. The van der Waals surface area contributed by atoms with Gasteiger partial charge in [-0.1, -0.05) is 0 Å². The van der Waals surface area contributed by atoms with Crippen LogP contribution in [0.3, 0.4) is 0 Å². The van der Waals surface area contributed by atoms with Crippen LogP contribution in [0.25, 0.3) is 21.9 Å². The Morgan fingerprint density at radius 2 is 0.970 bits per heavy atom. The standard InChI is InChI=1S/C24H26O12.C18H20O9.C2H3ClO/c1-6-30-23(29)21-19(31-12(3)25)20(32-13(4)26)22(33-14(5)27)24(36-21)34-15-7-8-16-11(2)9-18(28)35-17(16)10-15;1-3-24-17(23)16-14(21)13(20)15(22)18(27-16)25-9-4-5-10-8(2)6-12(19)26-11(10)7-9;1-2(3)4/h7-10,19-22,24H,6H2,1-5H3;4-7,13-16,18,20-22H,3H2,1-2H3;1H3/t19-,20+,21?,22?,24+;13-,14+,15?,16?,18-;/m01./s1. The lowest BCUT2D eigenvalue weighted by Crippen LogP contribution is -2.64. The molecule has 2 aromatic heterocycles. The predicted molar refractivity (Wildman–Crippen MR) is 228 cm³/mol. The molecule has 2 aliphatic heterocycles. The Morgan fingerprint density at radius 3 is 1.42 bits per heavy atom. The lowest BCUT2D eigenvalue weighted by molar-refractivity contribution is -0.282. The van der Waals surface area contributed by atoms with Crippen molar-refractivity contribution in [1.29, 1.82) is 0 Å². The molecule has 10 atom stereocenters. The number of carbonyl (C=O) groups excluding carboxylic acids is 6. The van der Waals surface area contributed by atoms with Crippen molar-refractivity contribution in [3.8, 4) is 11.5 Å². The van der Waals surface area contributed by atoms with Crippen molar-refractivity contribution in [2.75, 3.05) is 13.2 Å². The molecule has 4 heterocycles. The molecule has 4 unspecified atom stereocenters. The molecule has 2 aromatic carbocycles. The van der Waals surface area contributed by atoms with Gasteiger partial charge in [0, 0.05) is 62.7 Å². The van der Waals surface area contributed by atoms with Crippen molar-refractivity contribution in [3.05, 3.63) is 80.5 Å². The summed E-state index contributed by atoms with van der Waals surface area (Å²) >= 11 is 4.64. The Balaban J connectivity index is 0.000000280. The third-order valence-corrected chi connectivity index (χ3v) is 9.36. The zero-order valence-electron chi connectivity index (χ0n) is 37.3. The molecule has 0 amide bonds. The minimum absolute atomic E-state index is 0.0221. The van der Waals surface area contributed by atoms with Crippen LogP contribution in [-0.2, 0) is 61.9 Å². The van der Waals surface area contributed by atoms with Gasteiger partial charge in [-0.3, -0.25) is 19.2 Å². The van der Waals surface area contributed by atoms with Crippen LogP contribution in [0.2, 0.25) is 0 Å². The van der Waals surface area contributed by atoms with Gasteiger partial charge in [-0.15, -0.1) is 0 Å². The lowest BCUT2D eigenvalue weighted by Gasteiger charge is -2.43. The second kappa shape index (κ2) is 23.8. The highest BCUT2D eigenvalue weighted by molar-refractivity contribution is 6.62. The normalized spacial score (nSPS) is 24.3. The van der Waals surface area contributed by atoms with E-state index >= 15 is 0 Å². The van der Waals surface area contributed by atoms with Gasteiger partial charge in [0.1, 0.15) is 41.0 Å². The first-order valence-electron chi connectivity index (χ1n) is 20.3. The second-order valence-corrected chi connectivity index (χ2v) is 15.1. The molecule has 3 N–H and O–H groups in total. The Kier molecular flexibility index (Phi) is 18.9. The number of esters is 5. The fourth-order valence-corrected chi connectivity index (χ4v) is 6.67. The molecule has 2 fully saturated rings. The summed E-state index contributed by atoms with van der Waals surface area (Å²) in [6.07, 6.45) is -15.5. The average molecular weight is 965 g/mol. The molecule has 2 saturated heterocycles. The number of aryl methyl sites for hydroxylation is 2. The molecule has 364 valence electrons. The number of benzene rings is 2. The number of hydrogen-bond donors (Lipinski definition) is 3. The van der Waals surface area contributed by atoms with Crippen molar-refractivity contribution in [2.24, 2.45) is 0 Å².